The van der Waals surface area contributed by atoms with E-state index in [2.05, 4.69) is 0 Å². The molecule has 0 spiro atoms. The Morgan fingerprint density at radius 1 is 1.17 bits per heavy atom. The van der Waals surface area contributed by atoms with Crippen LogP contribution in [0.1, 0.15) is 23.8 Å². The zero-order valence-corrected chi connectivity index (χ0v) is 13.7. The number of amides is 1. The molecule has 0 radical (unpaired) electrons. The minimum atomic E-state index is -0.348. The van der Waals surface area contributed by atoms with E-state index in [9.17, 15) is 9.18 Å². The van der Waals surface area contributed by atoms with Crippen molar-refractivity contribution in [1.29, 1.82) is 0 Å². The summed E-state index contributed by atoms with van der Waals surface area (Å²) in [6.45, 7) is 0.668. The highest BCUT2D eigenvalue weighted by Gasteiger charge is 2.31. The second-order valence-electron chi connectivity index (χ2n) is 5.36. The average Bonchev–Trinajstić information content (AvgIpc) is 3.00. The lowest BCUT2D eigenvalue weighted by Crippen LogP contribution is -2.28. The number of methoxy groups -OCH3 is 1. The molecule has 5 heteroatoms. The molecule has 3 nitrogen and oxygen atoms in total. The first kappa shape index (κ1) is 15.9. The van der Waals surface area contributed by atoms with Crippen molar-refractivity contribution in [3.8, 4) is 5.75 Å². The van der Waals surface area contributed by atoms with Crippen molar-refractivity contribution in [3.05, 3.63) is 59.9 Å². The van der Waals surface area contributed by atoms with Gasteiger partial charge in [0.2, 0.25) is 5.91 Å². The summed E-state index contributed by atoms with van der Waals surface area (Å²) in [6, 6.07) is 14.3. The number of benzene rings is 2. The lowest BCUT2D eigenvalue weighted by Gasteiger charge is -2.28. The molecular formula is C18H18FNO2S. The zero-order chi connectivity index (χ0) is 16.2. The number of hydrogen-bond acceptors (Lipinski definition) is 3. The summed E-state index contributed by atoms with van der Waals surface area (Å²) in [5.74, 6) is 0.575. The van der Waals surface area contributed by atoms with E-state index < -0.39 is 0 Å². The Bertz CT molecular complexity index is 690. The van der Waals surface area contributed by atoms with Crippen LogP contribution in [0.25, 0.3) is 0 Å². The molecule has 1 unspecified atom stereocenters. The van der Waals surface area contributed by atoms with Crippen LogP contribution in [0.2, 0.25) is 0 Å². The largest absolute Gasteiger partial charge is 0.497 e. The van der Waals surface area contributed by atoms with Crippen molar-refractivity contribution in [2.24, 2.45) is 0 Å². The fourth-order valence-corrected chi connectivity index (χ4v) is 3.89. The van der Waals surface area contributed by atoms with E-state index in [1.807, 2.05) is 24.3 Å². The van der Waals surface area contributed by atoms with Gasteiger partial charge in [-0.15, -0.1) is 0 Å². The van der Waals surface area contributed by atoms with Crippen LogP contribution in [-0.4, -0.2) is 24.5 Å². The summed E-state index contributed by atoms with van der Waals surface area (Å²) in [4.78, 5) is 14.9. The van der Waals surface area contributed by atoms with Gasteiger partial charge in [0.05, 0.1) is 7.11 Å². The van der Waals surface area contributed by atoms with Crippen LogP contribution in [-0.2, 0) is 4.79 Å². The van der Waals surface area contributed by atoms with E-state index >= 15 is 0 Å². The minimum Gasteiger partial charge on any atom is -0.497 e. The molecule has 0 aromatic heterocycles. The number of thioether (sulfide) groups is 1. The lowest BCUT2D eigenvalue weighted by atomic mass is 10.2. The quantitative estimate of drug-likeness (QED) is 0.767. The highest BCUT2D eigenvalue weighted by atomic mass is 32.2. The third-order valence-electron chi connectivity index (χ3n) is 3.87. The van der Waals surface area contributed by atoms with Crippen LogP contribution in [0.3, 0.4) is 0 Å². The molecule has 1 atom stereocenters. The third-order valence-corrected chi connectivity index (χ3v) is 5.15. The highest BCUT2D eigenvalue weighted by molar-refractivity contribution is 7.99. The van der Waals surface area contributed by atoms with E-state index in [0.717, 1.165) is 17.1 Å². The van der Waals surface area contributed by atoms with Gasteiger partial charge < -0.3 is 9.64 Å². The van der Waals surface area contributed by atoms with Gasteiger partial charge in [0, 0.05) is 23.4 Å². The molecule has 23 heavy (non-hydrogen) atoms. The Balaban J connectivity index is 1.91. The summed E-state index contributed by atoms with van der Waals surface area (Å²) in [6.07, 6.45) is 1.36. The van der Waals surface area contributed by atoms with Crippen molar-refractivity contribution in [3.63, 3.8) is 0 Å². The number of nitrogens with zero attached hydrogens (tertiary/aromatic N) is 1. The van der Waals surface area contributed by atoms with Crippen molar-refractivity contribution in [2.75, 3.05) is 13.7 Å². The van der Waals surface area contributed by atoms with E-state index in [4.69, 9.17) is 4.74 Å². The van der Waals surface area contributed by atoms with Gasteiger partial charge in [-0.25, -0.2) is 4.39 Å². The van der Waals surface area contributed by atoms with E-state index in [1.165, 1.54) is 17.8 Å². The van der Waals surface area contributed by atoms with Gasteiger partial charge in [0.25, 0.3) is 0 Å². The van der Waals surface area contributed by atoms with Crippen LogP contribution < -0.4 is 4.74 Å². The van der Waals surface area contributed by atoms with Crippen LogP contribution in [0.15, 0.2) is 53.4 Å². The van der Waals surface area contributed by atoms with E-state index in [-0.39, 0.29) is 17.1 Å². The Morgan fingerprint density at radius 3 is 2.52 bits per heavy atom. The van der Waals surface area contributed by atoms with Crippen LogP contribution in [0.4, 0.5) is 4.39 Å². The molecular weight excluding hydrogens is 313 g/mol. The van der Waals surface area contributed by atoms with Crippen LogP contribution in [0.5, 0.6) is 5.75 Å². The van der Waals surface area contributed by atoms with Crippen LogP contribution in [0, 0.1) is 5.82 Å². The number of carbonyl (C=O) groups excluding carboxylic acids is 1. The first-order chi connectivity index (χ1) is 11.2. The average molecular weight is 331 g/mol. The van der Waals surface area contributed by atoms with Gasteiger partial charge in [-0.05, 0) is 36.8 Å². The number of likely N-dealkylation sites (tertiary alicyclic amines) is 1. The standard InChI is InChI=1S/C18H18FNO2S/c1-22-13-8-10-14(11-9-13)23-18(20-12-4-7-17(20)21)15-5-2-3-6-16(15)19/h2-3,5-6,8-11,18H,4,7,12H2,1H3. The van der Waals surface area contributed by atoms with Gasteiger partial charge in [0.15, 0.2) is 0 Å². The van der Waals surface area contributed by atoms with Gasteiger partial charge in [-0.3, -0.25) is 4.79 Å². The number of rotatable bonds is 5. The Morgan fingerprint density at radius 2 is 1.91 bits per heavy atom. The predicted molar refractivity (Wildman–Crippen MR) is 88.9 cm³/mol. The maximum Gasteiger partial charge on any atom is 0.223 e. The molecule has 0 saturated carbocycles. The maximum absolute atomic E-state index is 14.3. The van der Waals surface area contributed by atoms with Gasteiger partial charge in [-0.1, -0.05) is 30.0 Å². The molecule has 1 aliphatic heterocycles. The highest BCUT2D eigenvalue weighted by Crippen LogP contribution is 2.41. The Labute approximate surface area is 139 Å². The van der Waals surface area contributed by atoms with Gasteiger partial charge in [0.1, 0.15) is 16.9 Å². The van der Waals surface area contributed by atoms with Crippen molar-refractivity contribution >= 4 is 17.7 Å². The summed E-state index contributed by atoms with van der Waals surface area (Å²) < 4.78 is 19.4. The van der Waals surface area contributed by atoms with E-state index in [0.29, 0.717) is 18.5 Å². The Hall–Kier alpha value is -2.01. The third kappa shape index (κ3) is 3.50. The Kier molecular flexibility index (Phi) is 4.86. The lowest BCUT2D eigenvalue weighted by molar-refractivity contribution is -0.128. The monoisotopic (exact) mass is 331 g/mol. The van der Waals surface area contributed by atoms with Crippen molar-refractivity contribution in [1.82, 2.24) is 4.90 Å². The first-order valence-electron chi connectivity index (χ1n) is 7.53. The molecule has 0 N–H and O–H groups in total. The molecule has 120 valence electrons. The number of ether oxygens (including phenoxy) is 1. The zero-order valence-electron chi connectivity index (χ0n) is 12.9. The molecule has 1 aliphatic rings. The number of hydrogen-bond donors (Lipinski definition) is 0. The fraction of sp³-hybridized carbons (Fsp3) is 0.278. The predicted octanol–water partition coefficient (Wildman–Crippen LogP) is 4.25. The molecule has 2 aromatic rings. The van der Waals surface area contributed by atoms with Gasteiger partial charge >= 0.3 is 0 Å². The minimum absolute atomic E-state index is 0.0827. The van der Waals surface area contributed by atoms with Crippen LogP contribution >= 0.6 is 11.8 Å². The molecule has 3 rings (SSSR count). The van der Waals surface area contributed by atoms with E-state index in [1.54, 1.807) is 30.2 Å². The number of carbonyl (C=O) groups is 1. The first-order valence-corrected chi connectivity index (χ1v) is 8.41. The second kappa shape index (κ2) is 7.04. The smallest absolute Gasteiger partial charge is 0.223 e. The molecule has 0 bridgehead atoms. The molecule has 2 aromatic carbocycles. The van der Waals surface area contributed by atoms with Crippen molar-refractivity contribution < 1.29 is 13.9 Å². The summed E-state index contributed by atoms with van der Waals surface area (Å²) in [5.41, 5.74) is 0.545. The summed E-state index contributed by atoms with van der Waals surface area (Å²) in [5, 5.41) is -0.348. The SMILES string of the molecule is COc1ccc(SC(c2ccccc2F)N2CCCC2=O)cc1. The summed E-state index contributed by atoms with van der Waals surface area (Å²) in [7, 11) is 1.62. The normalized spacial score (nSPS) is 15.7. The molecule has 1 fully saturated rings. The summed E-state index contributed by atoms with van der Waals surface area (Å²) >= 11 is 1.49. The maximum atomic E-state index is 14.3. The number of halogens is 1. The van der Waals surface area contributed by atoms with Crippen molar-refractivity contribution in [2.45, 2.75) is 23.1 Å². The second-order valence-corrected chi connectivity index (χ2v) is 6.51. The molecule has 0 aliphatic carbocycles. The van der Waals surface area contributed by atoms with Gasteiger partial charge in [-0.2, -0.15) is 0 Å². The molecule has 1 saturated heterocycles. The molecule has 1 amide bonds. The topological polar surface area (TPSA) is 29.5 Å². The fourth-order valence-electron chi connectivity index (χ4n) is 2.67. The molecule has 1 heterocycles.